The van der Waals surface area contributed by atoms with E-state index in [0.717, 1.165) is 19.3 Å². The molecule has 3 N–H and O–H groups in total. The van der Waals surface area contributed by atoms with E-state index in [1.165, 1.54) is 0 Å². The summed E-state index contributed by atoms with van der Waals surface area (Å²) in [4.78, 5) is 12.1. The van der Waals surface area contributed by atoms with Crippen LogP contribution in [0.1, 0.15) is 56.0 Å². The largest absolute Gasteiger partial charge is 0.350 e. The average Bonchev–Trinajstić information content (AvgIpc) is 2.37. The second kappa shape index (κ2) is 8.29. The summed E-state index contributed by atoms with van der Waals surface area (Å²) in [6.45, 7) is 6.37. The molecule has 0 saturated heterocycles. The fraction of sp³-hybridized carbons (Fsp3) is 0.562. The van der Waals surface area contributed by atoms with Crippen LogP contribution in [0.5, 0.6) is 0 Å². The average molecular weight is 326 g/mol. The fourth-order valence-corrected chi connectivity index (χ4v) is 2.85. The van der Waals surface area contributed by atoms with Gasteiger partial charge < -0.3 is 5.32 Å². The number of primary sulfonamides is 1. The van der Waals surface area contributed by atoms with E-state index in [0.29, 0.717) is 17.0 Å². The van der Waals surface area contributed by atoms with Gasteiger partial charge in [-0.3, -0.25) is 4.79 Å². The minimum Gasteiger partial charge on any atom is -0.350 e. The van der Waals surface area contributed by atoms with E-state index in [2.05, 4.69) is 19.2 Å². The van der Waals surface area contributed by atoms with E-state index in [1.807, 2.05) is 6.92 Å². The molecular formula is C16H26N2O3S. The van der Waals surface area contributed by atoms with Gasteiger partial charge in [-0.15, -0.1) is 0 Å². The first-order valence-corrected chi connectivity index (χ1v) is 9.29. The van der Waals surface area contributed by atoms with E-state index < -0.39 is 10.0 Å². The van der Waals surface area contributed by atoms with Crippen molar-refractivity contribution in [2.24, 2.45) is 11.1 Å². The van der Waals surface area contributed by atoms with E-state index in [4.69, 9.17) is 5.14 Å². The molecule has 0 aliphatic heterocycles. The molecule has 0 fully saturated rings. The van der Waals surface area contributed by atoms with Crippen LogP contribution in [0.4, 0.5) is 0 Å². The third-order valence-corrected chi connectivity index (χ3v) is 4.12. The number of rotatable bonds is 8. The highest BCUT2D eigenvalue weighted by Gasteiger charge is 2.11. The van der Waals surface area contributed by atoms with Gasteiger partial charge in [-0.05, 0) is 37.0 Å². The zero-order valence-electron chi connectivity index (χ0n) is 13.5. The molecule has 0 radical (unpaired) electrons. The molecule has 1 atom stereocenters. The summed E-state index contributed by atoms with van der Waals surface area (Å²) in [5, 5.41) is 7.95. The molecule has 0 bridgehead atoms. The third kappa shape index (κ3) is 7.56. The highest BCUT2D eigenvalue weighted by molar-refractivity contribution is 7.88. The van der Waals surface area contributed by atoms with Gasteiger partial charge in [0.15, 0.2) is 0 Å². The van der Waals surface area contributed by atoms with Gasteiger partial charge in [0.2, 0.25) is 10.0 Å². The Morgan fingerprint density at radius 1 is 1.14 bits per heavy atom. The van der Waals surface area contributed by atoms with Crippen molar-refractivity contribution in [3.05, 3.63) is 35.4 Å². The van der Waals surface area contributed by atoms with Crippen molar-refractivity contribution in [1.82, 2.24) is 5.32 Å². The Morgan fingerprint density at radius 3 is 2.23 bits per heavy atom. The number of nitrogens with two attached hydrogens (primary N) is 1. The lowest BCUT2D eigenvalue weighted by molar-refractivity contribution is 0.0938. The minimum absolute atomic E-state index is 0.121. The molecule has 0 saturated carbocycles. The molecule has 1 rings (SSSR count). The van der Waals surface area contributed by atoms with Crippen molar-refractivity contribution in [3.8, 4) is 0 Å². The van der Waals surface area contributed by atoms with E-state index in [-0.39, 0.29) is 17.7 Å². The zero-order chi connectivity index (χ0) is 16.8. The number of amides is 1. The number of hydrogen-bond donors (Lipinski definition) is 2. The van der Waals surface area contributed by atoms with E-state index >= 15 is 0 Å². The molecule has 1 aromatic rings. The predicted octanol–water partition coefficient (Wildman–Crippen LogP) is 2.42. The maximum absolute atomic E-state index is 12.1. The smallest absolute Gasteiger partial charge is 0.251 e. The van der Waals surface area contributed by atoms with Crippen LogP contribution in [-0.2, 0) is 15.8 Å². The van der Waals surface area contributed by atoms with Gasteiger partial charge in [0.25, 0.3) is 5.91 Å². The first kappa shape index (κ1) is 18.6. The SMILES string of the molecule is CC(C)CCCC(C)NC(=O)c1ccc(CS(N)(=O)=O)cc1. The summed E-state index contributed by atoms with van der Waals surface area (Å²) >= 11 is 0. The summed E-state index contributed by atoms with van der Waals surface area (Å²) < 4.78 is 22.0. The molecule has 0 aliphatic rings. The first-order valence-electron chi connectivity index (χ1n) is 7.57. The topological polar surface area (TPSA) is 89.3 Å². The van der Waals surface area contributed by atoms with Crippen molar-refractivity contribution < 1.29 is 13.2 Å². The number of hydrogen-bond acceptors (Lipinski definition) is 3. The Balaban J connectivity index is 2.52. The molecule has 1 amide bonds. The second-order valence-corrected chi connectivity index (χ2v) is 7.82. The fourth-order valence-electron chi connectivity index (χ4n) is 2.20. The van der Waals surface area contributed by atoms with Gasteiger partial charge >= 0.3 is 0 Å². The van der Waals surface area contributed by atoms with E-state index in [1.54, 1.807) is 24.3 Å². The molecule has 5 nitrogen and oxygen atoms in total. The monoisotopic (exact) mass is 326 g/mol. The van der Waals surface area contributed by atoms with Crippen molar-refractivity contribution in [1.29, 1.82) is 0 Å². The summed E-state index contributed by atoms with van der Waals surface area (Å²) in [7, 11) is -3.55. The molecule has 0 aliphatic carbocycles. The highest BCUT2D eigenvalue weighted by atomic mass is 32.2. The quantitative estimate of drug-likeness (QED) is 0.769. The molecular weight excluding hydrogens is 300 g/mol. The van der Waals surface area contributed by atoms with Gasteiger partial charge in [0.1, 0.15) is 0 Å². The number of benzene rings is 1. The molecule has 0 heterocycles. The predicted molar refractivity (Wildman–Crippen MR) is 88.9 cm³/mol. The van der Waals surface area contributed by atoms with Gasteiger partial charge in [0, 0.05) is 11.6 Å². The van der Waals surface area contributed by atoms with Crippen LogP contribution in [0.2, 0.25) is 0 Å². The summed E-state index contributed by atoms with van der Waals surface area (Å²) in [5.41, 5.74) is 1.10. The maximum atomic E-state index is 12.1. The molecule has 0 aromatic heterocycles. The molecule has 22 heavy (non-hydrogen) atoms. The van der Waals surface area contributed by atoms with Crippen LogP contribution in [0.3, 0.4) is 0 Å². The van der Waals surface area contributed by atoms with Gasteiger partial charge in [0.05, 0.1) is 5.75 Å². The van der Waals surface area contributed by atoms with Crippen LogP contribution in [0.15, 0.2) is 24.3 Å². The first-order chi connectivity index (χ1) is 10.2. The van der Waals surface area contributed by atoms with Crippen LogP contribution in [0, 0.1) is 5.92 Å². The van der Waals surface area contributed by atoms with Crippen LogP contribution in [0.25, 0.3) is 0 Å². The maximum Gasteiger partial charge on any atom is 0.251 e. The van der Waals surface area contributed by atoms with Crippen molar-refractivity contribution >= 4 is 15.9 Å². The van der Waals surface area contributed by atoms with Crippen LogP contribution >= 0.6 is 0 Å². The standard InChI is InChI=1S/C16H26N2O3S/c1-12(2)5-4-6-13(3)18-16(19)15-9-7-14(8-10-15)11-22(17,20)21/h7-10,12-13H,4-6,11H2,1-3H3,(H,18,19)(H2,17,20,21). The van der Waals surface area contributed by atoms with E-state index in [9.17, 15) is 13.2 Å². The number of carbonyl (C=O) groups excluding carboxylic acids is 1. The van der Waals surface area contributed by atoms with Crippen LogP contribution < -0.4 is 10.5 Å². The Hall–Kier alpha value is -1.40. The van der Waals surface area contributed by atoms with Crippen molar-refractivity contribution in [2.75, 3.05) is 0 Å². The van der Waals surface area contributed by atoms with Crippen molar-refractivity contribution in [3.63, 3.8) is 0 Å². The number of nitrogens with one attached hydrogen (secondary N) is 1. The minimum atomic E-state index is -3.55. The Bertz CT molecular complexity index is 580. The Morgan fingerprint density at radius 2 is 1.73 bits per heavy atom. The second-order valence-electron chi connectivity index (χ2n) is 6.20. The molecule has 124 valence electrons. The Labute approximate surface area is 133 Å². The number of carbonyl (C=O) groups is 1. The lowest BCUT2D eigenvalue weighted by Crippen LogP contribution is -2.32. The highest BCUT2D eigenvalue weighted by Crippen LogP contribution is 2.10. The summed E-state index contributed by atoms with van der Waals surface area (Å²) in [6.07, 6.45) is 3.20. The zero-order valence-corrected chi connectivity index (χ0v) is 14.3. The molecule has 0 spiro atoms. The van der Waals surface area contributed by atoms with Gasteiger partial charge in [-0.2, -0.15) is 0 Å². The number of sulfonamides is 1. The normalized spacial score (nSPS) is 13.1. The molecule has 1 aromatic carbocycles. The van der Waals surface area contributed by atoms with Crippen molar-refractivity contribution in [2.45, 2.75) is 51.8 Å². The third-order valence-electron chi connectivity index (χ3n) is 3.38. The molecule has 1 unspecified atom stereocenters. The lowest BCUT2D eigenvalue weighted by atomic mass is 10.0. The van der Waals surface area contributed by atoms with Crippen LogP contribution in [-0.4, -0.2) is 20.4 Å². The summed E-state index contributed by atoms with van der Waals surface area (Å²) in [5.74, 6) is 0.314. The summed E-state index contributed by atoms with van der Waals surface area (Å²) in [6, 6.07) is 6.59. The van der Waals surface area contributed by atoms with Gasteiger partial charge in [-0.1, -0.05) is 38.8 Å². The van der Waals surface area contributed by atoms with Gasteiger partial charge in [-0.25, -0.2) is 13.6 Å². The molecule has 6 heteroatoms. The lowest BCUT2D eigenvalue weighted by Gasteiger charge is -2.14. The Kier molecular flexibility index (Phi) is 7.03.